The van der Waals surface area contributed by atoms with Crippen molar-refractivity contribution in [3.63, 3.8) is 0 Å². The van der Waals surface area contributed by atoms with Crippen molar-refractivity contribution < 1.29 is 23.4 Å². The summed E-state index contributed by atoms with van der Waals surface area (Å²) < 4.78 is 28.3. The number of morpholine rings is 1. The third-order valence-corrected chi connectivity index (χ3v) is 4.36. The topological polar surface area (TPSA) is 132 Å². The Kier molecular flexibility index (Phi) is 3.77. The molecule has 2 aromatic rings. The molecule has 1 saturated heterocycles. The second kappa shape index (κ2) is 5.59. The summed E-state index contributed by atoms with van der Waals surface area (Å²) in [6, 6.07) is 2.77. The molecule has 0 spiro atoms. The third kappa shape index (κ3) is 2.32. The fourth-order valence-corrected chi connectivity index (χ4v) is 3.29. The average Bonchev–Trinajstić information content (AvgIpc) is 2.87. The van der Waals surface area contributed by atoms with Crippen LogP contribution >= 0.6 is 0 Å². The van der Waals surface area contributed by atoms with E-state index in [-0.39, 0.29) is 21.7 Å². The van der Waals surface area contributed by atoms with E-state index in [1.807, 2.05) is 4.90 Å². The fraction of sp³-hybridized carbons (Fsp3) is 0.308. The first-order valence-corrected chi connectivity index (χ1v) is 7.67. The Morgan fingerprint density at radius 2 is 2.09 bits per heavy atom. The van der Waals surface area contributed by atoms with Gasteiger partial charge >= 0.3 is 0 Å². The molecule has 3 rings (SSSR count). The fourth-order valence-electron chi connectivity index (χ4n) is 2.68. The second-order valence-corrected chi connectivity index (χ2v) is 5.76. The van der Waals surface area contributed by atoms with Gasteiger partial charge in [-0.1, -0.05) is 0 Å². The number of hydrogen-bond donors (Lipinski definition) is 3. The number of fused-ring (bicyclic) bond motifs is 1. The molecule has 4 N–H and O–H groups in total. The summed E-state index contributed by atoms with van der Waals surface area (Å²) in [4.78, 5) is 16.1. The largest absolute Gasteiger partial charge is 0.768 e. The molecule has 1 fully saturated rings. The van der Waals surface area contributed by atoms with Gasteiger partial charge < -0.3 is 30.0 Å². The zero-order valence-corrected chi connectivity index (χ0v) is 12.3. The van der Waals surface area contributed by atoms with Crippen LogP contribution in [0.25, 0.3) is 10.9 Å². The van der Waals surface area contributed by atoms with Gasteiger partial charge in [0.2, 0.25) is 0 Å². The van der Waals surface area contributed by atoms with E-state index in [0.717, 1.165) is 0 Å². The summed E-state index contributed by atoms with van der Waals surface area (Å²) in [5.41, 5.74) is 6.34. The first kappa shape index (κ1) is 14.8. The summed E-state index contributed by atoms with van der Waals surface area (Å²) in [6.45, 7) is 1.90. The smallest absolute Gasteiger partial charge is 0.267 e. The van der Waals surface area contributed by atoms with Gasteiger partial charge in [0, 0.05) is 24.0 Å². The molecule has 0 aliphatic carbocycles. The quantitative estimate of drug-likeness (QED) is 0.683. The number of aromatic hydroxyl groups is 1. The van der Waals surface area contributed by atoms with E-state index in [2.05, 4.69) is 4.98 Å². The van der Waals surface area contributed by atoms with Crippen molar-refractivity contribution in [2.45, 2.75) is 4.90 Å². The highest BCUT2D eigenvalue weighted by molar-refractivity contribution is 7.79. The molecule has 0 saturated carbocycles. The number of H-pyrrole nitrogens is 1. The van der Waals surface area contributed by atoms with Gasteiger partial charge in [0.05, 0.1) is 23.8 Å². The Bertz CT molecular complexity index is 767. The van der Waals surface area contributed by atoms with Crippen LogP contribution in [-0.4, -0.2) is 51.1 Å². The van der Waals surface area contributed by atoms with Crippen LogP contribution in [-0.2, 0) is 15.8 Å². The van der Waals surface area contributed by atoms with E-state index in [9.17, 15) is 18.7 Å². The first-order chi connectivity index (χ1) is 10.5. The van der Waals surface area contributed by atoms with Gasteiger partial charge in [-0.25, -0.2) is 0 Å². The van der Waals surface area contributed by atoms with E-state index in [4.69, 9.17) is 10.5 Å². The molecular formula is C13H14N3O5S-. The molecule has 22 heavy (non-hydrogen) atoms. The number of rotatable bonds is 3. The van der Waals surface area contributed by atoms with E-state index in [0.29, 0.717) is 37.5 Å². The van der Waals surface area contributed by atoms with Crippen molar-refractivity contribution in [2.75, 3.05) is 31.2 Å². The number of aromatic amines is 1. The number of benzene rings is 1. The zero-order chi connectivity index (χ0) is 15.9. The number of hydrogen-bond acceptors (Lipinski definition) is 6. The van der Waals surface area contributed by atoms with Crippen LogP contribution in [0.3, 0.4) is 0 Å². The van der Waals surface area contributed by atoms with Gasteiger partial charge in [0.25, 0.3) is 5.91 Å². The Morgan fingerprint density at radius 3 is 2.68 bits per heavy atom. The van der Waals surface area contributed by atoms with Gasteiger partial charge in [-0.15, -0.1) is 0 Å². The monoisotopic (exact) mass is 324 g/mol. The maximum absolute atomic E-state index is 11.7. The number of anilines is 1. The SMILES string of the molecule is NC(=O)c1[nH]c2ccc(O)c(S(=O)[O-])c2c1N1CCOCC1. The van der Waals surface area contributed by atoms with Crippen molar-refractivity contribution in [3.05, 3.63) is 17.8 Å². The number of nitrogens with zero attached hydrogens (tertiary/aromatic N) is 1. The molecule has 118 valence electrons. The number of aromatic nitrogens is 1. The van der Waals surface area contributed by atoms with Gasteiger partial charge in [-0.3, -0.25) is 9.00 Å². The highest BCUT2D eigenvalue weighted by Gasteiger charge is 2.26. The van der Waals surface area contributed by atoms with Gasteiger partial charge in [0.1, 0.15) is 11.4 Å². The highest BCUT2D eigenvalue weighted by atomic mass is 32.2. The predicted octanol–water partition coefficient (Wildman–Crippen LogP) is 0.0470. The molecule has 2 heterocycles. The summed E-state index contributed by atoms with van der Waals surface area (Å²) in [6.07, 6.45) is 0. The first-order valence-electron chi connectivity index (χ1n) is 6.60. The highest BCUT2D eigenvalue weighted by Crippen LogP contribution is 2.39. The number of nitrogens with two attached hydrogens (primary N) is 1. The van der Waals surface area contributed by atoms with Crippen molar-refractivity contribution in [1.82, 2.24) is 4.98 Å². The molecule has 1 amide bonds. The summed E-state index contributed by atoms with van der Waals surface area (Å²) in [5, 5.41) is 10.2. The number of ether oxygens (including phenoxy) is 1. The minimum Gasteiger partial charge on any atom is -0.768 e. The maximum atomic E-state index is 11.7. The van der Waals surface area contributed by atoms with Crippen molar-refractivity contribution in [1.29, 1.82) is 0 Å². The van der Waals surface area contributed by atoms with E-state index in [1.54, 1.807) is 0 Å². The third-order valence-electron chi connectivity index (χ3n) is 3.61. The van der Waals surface area contributed by atoms with Crippen LogP contribution in [0.2, 0.25) is 0 Å². The summed E-state index contributed by atoms with van der Waals surface area (Å²) in [7, 11) is 0. The number of nitrogens with one attached hydrogen (secondary N) is 1. The molecule has 1 atom stereocenters. The van der Waals surface area contributed by atoms with Crippen LogP contribution in [0.15, 0.2) is 17.0 Å². The predicted molar refractivity (Wildman–Crippen MR) is 78.7 cm³/mol. The average molecular weight is 324 g/mol. The molecule has 0 bridgehead atoms. The Morgan fingerprint density at radius 1 is 1.41 bits per heavy atom. The van der Waals surface area contributed by atoms with Crippen molar-refractivity contribution >= 4 is 33.6 Å². The number of phenols is 1. The lowest BCUT2D eigenvalue weighted by Crippen LogP contribution is -2.37. The van der Waals surface area contributed by atoms with E-state index in [1.165, 1.54) is 12.1 Å². The van der Waals surface area contributed by atoms with E-state index < -0.39 is 17.0 Å². The lowest BCUT2D eigenvalue weighted by atomic mass is 10.1. The maximum Gasteiger partial charge on any atom is 0.267 e. The lowest BCUT2D eigenvalue weighted by molar-refractivity contribution is 0.0994. The standard InChI is InChI=1S/C13H15N3O5S/c14-13(18)10-11(16-3-5-21-6-4-16)9-7(15-10)1-2-8(17)12(9)22(19)20/h1-2,15,17H,3-6H2,(H2,14,18)(H,19,20)/p-1. The van der Waals surface area contributed by atoms with Gasteiger partial charge in [0.15, 0.2) is 0 Å². The molecule has 1 aromatic heterocycles. The van der Waals surface area contributed by atoms with Crippen LogP contribution in [0, 0.1) is 0 Å². The van der Waals surface area contributed by atoms with Gasteiger partial charge in [-0.2, -0.15) is 0 Å². The number of carbonyl (C=O) groups excluding carboxylic acids is 1. The minimum absolute atomic E-state index is 0.120. The van der Waals surface area contributed by atoms with Gasteiger partial charge in [-0.05, 0) is 23.2 Å². The Labute approximate surface area is 128 Å². The van der Waals surface area contributed by atoms with Crippen molar-refractivity contribution in [3.8, 4) is 5.75 Å². The lowest BCUT2D eigenvalue weighted by Gasteiger charge is -2.29. The second-order valence-electron chi connectivity index (χ2n) is 4.88. The molecule has 1 aliphatic heterocycles. The number of primary amides is 1. The summed E-state index contributed by atoms with van der Waals surface area (Å²) >= 11 is -2.66. The van der Waals surface area contributed by atoms with E-state index >= 15 is 0 Å². The molecule has 8 nitrogen and oxygen atoms in total. The van der Waals surface area contributed by atoms with Crippen molar-refractivity contribution in [2.24, 2.45) is 5.73 Å². The molecule has 1 aromatic carbocycles. The molecule has 1 aliphatic rings. The van der Waals surface area contributed by atoms with Crippen LogP contribution in [0.1, 0.15) is 10.5 Å². The van der Waals surface area contributed by atoms with Crippen LogP contribution in [0.5, 0.6) is 5.75 Å². The van der Waals surface area contributed by atoms with Crippen LogP contribution < -0.4 is 10.6 Å². The molecule has 0 radical (unpaired) electrons. The van der Waals surface area contributed by atoms with Crippen LogP contribution in [0.4, 0.5) is 5.69 Å². The molecule has 1 unspecified atom stereocenters. The number of carbonyl (C=O) groups is 1. The summed E-state index contributed by atoms with van der Waals surface area (Å²) in [5.74, 6) is -1.06. The Hall–Kier alpha value is -2.10. The molecule has 9 heteroatoms. The Balaban J connectivity index is 2.34. The molecular weight excluding hydrogens is 310 g/mol. The number of phenolic OH excluding ortho intramolecular Hbond substituents is 1. The minimum atomic E-state index is -2.66. The zero-order valence-electron chi connectivity index (χ0n) is 11.5. The number of amides is 1. The normalized spacial score (nSPS) is 16.9.